The van der Waals surface area contributed by atoms with Crippen molar-refractivity contribution in [2.45, 2.75) is 38.5 Å². The Hall–Kier alpha value is -1.26. The van der Waals surface area contributed by atoms with Crippen molar-refractivity contribution >= 4 is 0 Å². The summed E-state index contributed by atoms with van der Waals surface area (Å²) in [6, 6.07) is 0. The minimum atomic E-state index is -0.297. The van der Waals surface area contributed by atoms with Crippen molar-refractivity contribution in [3.63, 3.8) is 0 Å². The summed E-state index contributed by atoms with van der Waals surface area (Å²) in [7, 11) is 0. The van der Waals surface area contributed by atoms with Gasteiger partial charge in [-0.15, -0.1) is 0 Å². The van der Waals surface area contributed by atoms with E-state index in [-0.39, 0.29) is 5.69 Å². The summed E-state index contributed by atoms with van der Waals surface area (Å²) in [5, 5.41) is 6.51. The van der Waals surface area contributed by atoms with Gasteiger partial charge in [0.05, 0.1) is 0 Å². The van der Waals surface area contributed by atoms with E-state index in [2.05, 4.69) is 10.2 Å². The Morgan fingerprint density at radius 1 is 1.17 bits per heavy atom. The maximum absolute atomic E-state index is 11.3. The van der Waals surface area contributed by atoms with Gasteiger partial charge in [-0.05, 0) is 61.7 Å². The fourth-order valence-electron chi connectivity index (χ4n) is 5.06. The quantitative estimate of drug-likeness (QED) is 0.763. The third-order valence-corrected chi connectivity index (χ3v) is 5.62. The third kappa shape index (κ3) is 1.45. The molecule has 4 bridgehead atoms. The molecule has 4 fully saturated rings. The predicted molar refractivity (Wildman–Crippen MR) is 67.2 cm³/mol. The fourth-order valence-corrected chi connectivity index (χ4v) is 5.06. The van der Waals surface area contributed by atoms with Crippen LogP contribution in [0.25, 0.3) is 0 Å². The minimum absolute atomic E-state index is 0.297. The SMILES string of the molecule is Nn1c(CC2C3CC4CC(C3)CC2C4)n[nH]c1=O. The molecule has 1 aromatic rings. The molecular weight excluding hydrogens is 228 g/mol. The molecule has 0 saturated heterocycles. The molecule has 18 heavy (non-hydrogen) atoms. The van der Waals surface area contributed by atoms with E-state index in [1.807, 2.05) is 0 Å². The van der Waals surface area contributed by atoms with Crippen molar-refractivity contribution < 1.29 is 0 Å². The standard InChI is InChI=1S/C13H20N4O/c14-17-12(15-16-13(17)18)6-11-9-2-7-1-8(4-9)5-10(11)3-7/h7-11H,1-6,14H2,(H,16,18). The largest absolute Gasteiger partial charge is 0.361 e. The molecular formula is C13H20N4O. The van der Waals surface area contributed by atoms with E-state index >= 15 is 0 Å². The van der Waals surface area contributed by atoms with E-state index in [1.165, 1.54) is 36.8 Å². The van der Waals surface area contributed by atoms with Gasteiger partial charge in [0.1, 0.15) is 0 Å². The first-order valence-corrected chi connectivity index (χ1v) is 7.12. The zero-order valence-corrected chi connectivity index (χ0v) is 10.5. The number of aromatic amines is 1. The highest BCUT2D eigenvalue weighted by atomic mass is 16.2. The first-order chi connectivity index (χ1) is 8.70. The number of hydrogen-bond donors (Lipinski definition) is 2. The molecule has 3 N–H and O–H groups in total. The average molecular weight is 248 g/mol. The number of nitrogen functional groups attached to an aromatic ring is 1. The molecule has 0 atom stereocenters. The van der Waals surface area contributed by atoms with Crippen LogP contribution in [0.2, 0.25) is 0 Å². The van der Waals surface area contributed by atoms with Crippen molar-refractivity contribution in [2.75, 3.05) is 5.84 Å². The molecule has 0 amide bonds. The minimum Gasteiger partial charge on any atom is -0.333 e. The fraction of sp³-hybridized carbons (Fsp3) is 0.846. The van der Waals surface area contributed by atoms with Gasteiger partial charge in [-0.1, -0.05) is 0 Å². The van der Waals surface area contributed by atoms with Crippen LogP contribution in [0.4, 0.5) is 0 Å². The Morgan fingerprint density at radius 3 is 2.28 bits per heavy atom. The van der Waals surface area contributed by atoms with Gasteiger partial charge in [-0.25, -0.2) is 9.89 Å². The summed E-state index contributed by atoms with van der Waals surface area (Å²) in [6.07, 6.45) is 7.95. The average Bonchev–Trinajstić information content (AvgIpc) is 2.64. The first-order valence-electron chi connectivity index (χ1n) is 7.12. The highest BCUT2D eigenvalue weighted by Gasteiger charge is 2.48. The molecule has 4 saturated carbocycles. The molecule has 0 aromatic carbocycles. The van der Waals surface area contributed by atoms with Crippen LogP contribution >= 0.6 is 0 Å². The van der Waals surface area contributed by atoms with Gasteiger partial charge in [-0.2, -0.15) is 9.77 Å². The highest BCUT2D eigenvalue weighted by Crippen LogP contribution is 2.57. The molecule has 1 heterocycles. The van der Waals surface area contributed by atoms with Crippen LogP contribution < -0.4 is 11.5 Å². The molecule has 4 aliphatic carbocycles. The number of nitrogens with one attached hydrogen (secondary N) is 1. The smallest absolute Gasteiger partial charge is 0.333 e. The van der Waals surface area contributed by atoms with Gasteiger partial charge in [0.15, 0.2) is 5.82 Å². The second kappa shape index (κ2) is 3.62. The van der Waals surface area contributed by atoms with E-state index in [1.54, 1.807) is 0 Å². The summed E-state index contributed by atoms with van der Waals surface area (Å²) in [5.41, 5.74) is -0.297. The van der Waals surface area contributed by atoms with Crippen molar-refractivity contribution in [1.82, 2.24) is 14.9 Å². The maximum Gasteiger partial charge on any atom is 0.361 e. The van der Waals surface area contributed by atoms with Gasteiger partial charge in [0.2, 0.25) is 0 Å². The molecule has 98 valence electrons. The van der Waals surface area contributed by atoms with Crippen LogP contribution in [0.15, 0.2) is 4.79 Å². The Balaban J connectivity index is 1.59. The number of aromatic nitrogens is 3. The lowest BCUT2D eigenvalue weighted by atomic mass is 9.51. The Labute approximate surface area is 106 Å². The van der Waals surface area contributed by atoms with Gasteiger partial charge >= 0.3 is 5.69 Å². The summed E-state index contributed by atoms with van der Waals surface area (Å²) >= 11 is 0. The second-order valence-corrected chi connectivity index (χ2v) is 6.61. The first kappa shape index (κ1) is 10.6. The summed E-state index contributed by atoms with van der Waals surface area (Å²) in [6.45, 7) is 0. The van der Waals surface area contributed by atoms with Crippen LogP contribution in [0.5, 0.6) is 0 Å². The Bertz CT molecular complexity index is 489. The van der Waals surface area contributed by atoms with Gasteiger partial charge in [-0.3, -0.25) is 0 Å². The number of hydrogen-bond acceptors (Lipinski definition) is 3. The molecule has 4 aliphatic rings. The monoisotopic (exact) mass is 248 g/mol. The van der Waals surface area contributed by atoms with Crippen LogP contribution in [-0.4, -0.2) is 14.9 Å². The number of H-pyrrole nitrogens is 1. The lowest BCUT2D eigenvalue weighted by molar-refractivity contribution is -0.0369. The zero-order chi connectivity index (χ0) is 12.3. The molecule has 5 rings (SSSR count). The second-order valence-electron chi connectivity index (χ2n) is 6.61. The van der Waals surface area contributed by atoms with E-state index in [4.69, 9.17) is 5.84 Å². The number of rotatable bonds is 2. The van der Waals surface area contributed by atoms with Crippen molar-refractivity contribution in [1.29, 1.82) is 0 Å². The highest BCUT2D eigenvalue weighted by molar-refractivity contribution is 5.01. The van der Waals surface area contributed by atoms with E-state index < -0.39 is 0 Å². The van der Waals surface area contributed by atoms with Crippen LogP contribution in [0, 0.1) is 29.6 Å². The summed E-state index contributed by atoms with van der Waals surface area (Å²) in [4.78, 5) is 11.3. The van der Waals surface area contributed by atoms with E-state index in [0.717, 1.165) is 35.9 Å². The number of nitrogens with two attached hydrogens (primary N) is 1. The van der Waals surface area contributed by atoms with Gasteiger partial charge in [0.25, 0.3) is 0 Å². The zero-order valence-electron chi connectivity index (χ0n) is 10.5. The molecule has 0 unspecified atom stereocenters. The normalized spacial score (nSPS) is 41.4. The number of nitrogens with zero attached hydrogens (tertiary/aromatic N) is 2. The maximum atomic E-state index is 11.3. The topological polar surface area (TPSA) is 76.7 Å². The van der Waals surface area contributed by atoms with Crippen LogP contribution in [0.3, 0.4) is 0 Å². The third-order valence-electron chi connectivity index (χ3n) is 5.62. The van der Waals surface area contributed by atoms with Gasteiger partial charge in [0, 0.05) is 6.42 Å². The molecule has 5 nitrogen and oxygen atoms in total. The molecule has 0 radical (unpaired) electrons. The van der Waals surface area contributed by atoms with Crippen molar-refractivity contribution in [2.24, 2.45) is 29.6 Å². The van der Waals surface area contributed by atoms with Crippen molar-refractivity contribution in [3.05, 3.63) is 16.3 Å². The molecule has 0 aliphatic heterocycles. The molecule has 5 heteroatoms. The molecule has 1 aromatic heterocycles. The van der Waals surface area contributed by atoms with E-state index in [0.29, 0.717) is 5.92 Å². The molecule has 0 spiro atoms. The lowest BCUT2D eigenvalue weighted by Gasteiger charge is -2.54. The summed E-state index contributed by atoms with van der Waals surface area (Å²) < 4.78 is 1.19. The van der Waals surface area contributed by atoms with Gasteiger partial charge < -0.3 is 5.84 Å². The van der Waals surface area contributed by atoms with Crippen LogP contribution in [-0.2, 0) is 6.42 Å². The Morgan fingerprint density at radius 2 is 1.78 bits per heavy atom. The lowest BCUT2D eigenvalue weighted by Crippen LogP contribution is -2.46. The van der Waals surface area contributed by atoms with Crippen molar-refractivity contribution in [3.8, 4) is 0 Å². The Kier molecular flexibility index (Phi) is 2.14. The summed E-state index contributed by atoms with van der Waals surface area (Å²) in [5.74, 6) is 10.8. The predicted octanol–water partition coefficient (Wildman–Crippen LogP) is 0.900. The van der Waals surface area contributed by atoms with Crippen LogP contribution in [0.1, 0.15) is 37.9 Å². The van der Waals surface area contributed by atoms with E-state index in [9.17, 15) is 4.79 Å².